The number of hydrogen-bond donors (Lipinski definition) is 1. The number of benzene rings is 1. The third kappa shape index (κ3) is 3.80. The van der Waals surface area contributed by atoms with E-state index in [-0.39, 0.29) is 11.5 Å². The van der Waals surface area contributed by atoms with Gasteiger partial charge >= 0.3 is 0 Å². The zero-order valence-corrected chi connectivity index (χ0v) is 11.8. The average molecular weight is 280 g/mol. The van der Waals surface area contributed by atoms with E-state index in [4.69, 9.17) is 5.26 Å². The Balaban J connectivity index is 2.19. The maximum absolute atomic E-state index is 11.8. The third-order valence-corrected chi connectivity index (χ3v) is 2.82. The fraction of sp³-hybridized carbons (Fsp3) is 0.188. The molecule has 5 heteroatoms. The molecule has 2 aromatic rings. The number of nitrogens with one attached hydrogen (secondary N) is 1. The van der Waals surface area contributed by atoms with Gasteiger partial charge in [-0.1, -0.05) is 25.1 Å². The van der Waals surface area contributed by atoms with Gasteiger partial charge in [-0.2, -0.15) is 10.4 Å². The van der Waals surface area contributed by atoms with Gasteiger partial charge in [0.1, 0.15) is 11.6 Å². The van der Waals surface area contributed by atoms with Crippen LogP contribution >= 0.6 is 0 Å². The molecule has 0 bridgehead atoms. The van der Waals surface area contributed by atoms with Gasteiger partial charge in [-0.3, -0.25) is 4.79 Å². The van der Waals surface area contributed by atoms with Crippen molar-refractivity contribution in [2.75, 3.05) is 6.54 Å². The summed E-state index contributed by atoms with van der Waals surface area (Å²) in [5.74, 6) is -0.367. The van der Waals surface area contributed by atoms with Gasteiger partial charge in [0.2, 0.25) is 0 Å². The molecule has 1 heterocycles. The highest BCUT2D eigenvalue weighted by atomic mass is 16.1. The van der Waals surface area contributed by atoms with Crippen LogP contribution in [0, 0.1) is 11.3 Å². The molecular weight excluding hydrogens is 264 g/mol. The van der Waals surface area contributed by atoms with Crippen molar-refractivity contribution in [3.63, 3.8) is 0 Å². The first-order valence-electron chi connectivity index (χ1n) is 6.75. The summed E-state index contributed by atoms with van der Waals surface area (Å²) in [4.78, 5) is 11.8. The number of rotatable bonds is 5. The van der Waals surface area contributed by atoms with Crippen LogP contribution in [-0.2, 0) is 4.79 Å². The van der Waals surface area contributed by atoms with E-state index in [0.717, 1.165) is 12.1 Å². The summed E-state index contributed by atoms with van der Waals surface area (Å²) in [7, 11) is 0. The zero-order valence-electron chi connectivity index (χ0n) is 11.8. The van der Waals surface area contributed by atoms with Gasteiger partial charge in [0.15, 0.2) is 0 Å². The van der Waals surface area contributed by atoms with Crippen LogP contribution in [0.5, 0.6) is 0 Å². The molecule has 0 aliphatic heterocycles. The number of nitrogens with zero attached hydrogens (tertiary/aromatic N) is 3. The highest BCUT2D eigenvalue weighted by molar-refractivity contribution is 6.01. The van der Waals surface area contributed by atoms with E-state index < -0.39 is 0 Å². The molecule has 0 unspecified atom stereocenters. The van der Waals surface area contributed by atoms with Crippen LogP contribution in [0.3, 0.4) is 0 Å². The van der Waals surface area contributed by atoms with Crippen molar-refractivity contribution in [2.24, 2.45) is 0 Å². The highest BCUT2D eigenvalue weighted by Gasteiger charge is 2.09. The minimum Gasteiger partial charge on any atom is -0.351 e. The summed E-state index contributed by atoms with van der Waals surface area (Å²) >= 11 is 0. The number of carbonyl (C=O) groups is 1. The van der Waals surface area contributed by atoms with Gasteiger partial charge in [-0.05, 0) is 30.7 Å². The molecule has 0 radical (unpaired) electrons. The Bertz CT molecular complexity index is 680. The zero-order chi connectivity index (χ0) is 15.1. The minimum atomic E-state index is -0.367. The maximum Gasteiger partial charge on any atom is 0.262 e. The molecular formula is C16H16N4O. The summed E-state index contributed by atoms with van der Waals surface area (Å²) in [6.45, 7) is 2.51. The molecule has 5 nitrogen and oxygen atoms in total. The number of carbonyl (C=O) groups excluding carboxylic acids is 1. The lowest BCUT2D eigenvalue weighted by molar-refractivity contribution is -0.117. The van der Waals surface area contributed by atoms with Crippen LogP contribution in [0.2, 0.25) is 0 Å². The molecule has 0 aliphatic rings. The molecule has 106 valence electrons. The lowest BCUT2D eigenvalue weighted by Gasteiger charge is -2.01. The summed E-state index contributed by atoms with van der Waals surface area (Å²) in [5, 5.41) is 16.1. The van der Waals surface area contributed by atoms with Gasteiger partial charge in [0.05, 0.1) is 11.4 Å². The molecule has 0 spiro atoms. The van der Waals surface area contributed by atoms with Crippen LogP contribution in [0.15, 0.2) is 48.2 Å². The predicted octanol–water partition coefficient (Wildman–Crippen LogP) is 2.31. The van der Waals surface area contributed by atoms with Crippen molar-refractivity contribution in [1.29, 1.82) is 5.26 Å². The molecule has 0 saturated heterocycles. The lowest BCUT2D eigenvalue weighted by Crippen LogP contribution is -2.25. The molecule has 2 rings (SSSR count). The van der Waals surface area contributed by atoms with Crippen molar-refractivity contribution in [3.8, 4) is 11.8 Å². The highest BCUT2D eigenvalue weighted by Crippen LogP contribution is 2.09. The fourth-order valence-corrected chi connectivity index (χ4v) is 1.77. The van der Waals surface area contributed by atoms with E-state index in [1.807, 2.05) is 43.3 Å². The van der Waals surface area contributed by atoms with Gasteiger partial charge in [0, 0.05) is 12.7 Å². The van der Waals surface area contributed by atoms with E-state index >= 15 is 0 Å². The summed E-state index contributed by atoms with van der Waals surface area (Å²) < 4.78 is 1.70. The van der Waals surface area contributed by atoms with Crippen molar-refractivity contribution >= 4 is 12.0 Å². The summed E-state index contributed by atoms with van der Waals surface area (Å²) in [6, 6.07) is 13.3. The van der Waals surface area contributed by atoms with Crippen molar-refractivity contribution in [1.82, 2.24) is 15.1 Å². The Morgan fingerprint density at radius 1 is 1.38 bits per heavy atom. The maximum atomic E-state index is 11.8. The Labute approximate surface area is 123 Å². The normalized spacial score (nSPS) is 11.0. The monoisotopic (exact) mass is 280 g/mol. The molecule has 1 amide bonds. The molecule has 1 N–H and O–H groups in total. The number of aromatic nitrogens is 2. The quantitative estimate of drug-likeness (QED) is 0.675. The van der Waals surface area contributed by atoms with Crippen LogP contribution in [0.1, 0.15) is 19.0 Å². The summed E-state index contributed by atoms with van der Waals surface area (Å²) in [6.07, 6.45) is 4.11. The Morgan fingerprint density at radius 2 is 2.14 bits per heavy atom. The second kappa shape index (κ2) is 7.06. The van der Waals surface area contributed by atoms with Crippen LogP contribution in [0.25, 0.3) is 11.8 Å². The molecule has 1 aromatic carbocycles. The summed E-state index contributed by atoms with van der Waals surface area (Å²) in [5.41, 5.74) is 1.55. The Hall–Kier alpha value is -2.87. The minimum absolute atomic E-state index is 0.0572. The molecule has 0 saturated carbocycles. The van der Waals surface area contributed by atoms with E-state index in [9.17, 15) is 4.79 Å². The lowest BCUT2D eigenvalue weighted by atomic mass is 10.2. The third-order valence-electron chi connectivity index (χ3n) is 2.82. The van der Waals surface area contributed by atoms with Gasteiger partial charge in [-0.15, -0.1) is 0 Å². The van der Waals surface area contributed by atoms with E-state index in [1.54, 1.807) is 16.9 Å². The fourth-order valence-electron chi connectivity index (χ4n) is 1.77. The van der Waals surface area contributed by atoms with Crippen molar-refractivity contribution in [3.05, 3.63) is 53.9 Å². The topological polar surface area (TPSA) is 70.7 Å². The van der Waals surface area contributed by atoms with Gasteiger partial charge in [0.25, 0.3) is 5.91 Å². The molecule has 0 atom stereocenters. The van der Waals surface area contributed by atoms with Crippen LogP contribution in [0.4, 0.5) is 0 Å². The first-order chi connectivity index (χ1) is 10.2. The number of hydrogen-bond acceptors (Lipinski definition) is 3. The van der Waals surface area contributed by atoms with E-state index in [0.29, 0.717) is 12.2 Å². The number of nitriles is 1. The second-order valence-electron chi connectivity index (χ2n) is 4.45. The first kappa shape index (κ1) is 14.5. The van der Waals surface area contributed by atoms with E-state index in [1.165, 1.54) is 6.08 Å². The van der Waals surface area contributed by atoms with Crippen LogP contribution < -0.4 is 5.32 Å². The Morgan fingerprint density at radius 3 is 2.81 bits per heavy atom. The van der Waals surface area contributed by atoms with Crippen molar-refractivity contribution < 1.29 is 4.79 Å². The van der Waals surface area contributed by atoms with Crippen molar-refractivity contribution in [2.45, 2.75) is 13.3 Å². The average Bonchev–Trinajstić information content (AvgIpc) is 2.99. The SMILES string of the molecule is CCCNC(=O)/C(C#N)=C/c1ccn(-c2ccccc2)n1. The number of amides is 1. The molecule has 0 aliphatic carbocycles. The largest absolute Gasteiger partial charge is 0.351 e. The second-order valence-corrected chi connectivity index (χ2v) is 4.45. The predicted molar refractivity (Wildman–Crippen MR) is 80.5 cm³/mol. The van der Waals surface area contributed by atoms with Gasteiger partial charge < -0.3 is 5.32 Å². The molecule has 21 heavy (non-hydrogen) atoms. The smallest absolute Gasteiger partial charge is 0.262 e. The van der Waals surface area contributed by atoms with Gasteiger partial charge in [-0.25, -0.2) is 4.68 Å². The molecule has 0 fully saturated rings. The first-order valence-corrected chi connectivity index (χ1v) is 6.75. The van der Waals surface area contributed by atoms with Crippen LogP contribution in [-0.4, -0.2) is 22.2 Å². The number of para-hydroxylation sites is 1. The molecule has 1 aromatic heterocycles. The van der Waals surface area contributed by atoms with E-state index in [2.05, 4.69) is 10.4 Å². The Kier molecular flexibility index (Phi) is 4.89. The standard InChI is InChI=1S/C16H16N4O/c1-2-9-18-16(21)13(12-17)11-14-8-10-20(19-14)15-6-4-3-5-7-15/h3-8,10-11H,2,9H2,1H3,(H,18,21)/b13-11+.